The largest absolute Gasteiger partial charge is 0.494 e. The summed E-state index contributed by atoms with van der Waals surface area (Å²) >= 11 is 0. The fourth-order valence-corrected chi connectivity index (χ4v) is 1.99. The topological polar surface area (TPSA) is 60.2 Å². The van der Waals surface area contributed by atoms with Crippen LogP contribution in [0.2, 0.25) is 0 Å². The molecular weight excluding hydrogens is 328 g/mol. The van der Waals surface area contributed by atoms with Crippen LogP contribution in [0.1, 0.15) is 37.0 Å². The van der Waals surface area contributed by atoms with E-state index >= 15 is 0 Å². The van der Waals surface area contributed by atoms with Crippen LogP contribution in [-0.2, 0) is 4.74 Å². The second-order valence-corrected chi connectivity index (χ2v) is 5.66. The average molecular weight is 350 g/mol. The van der Waals surface area contributed by atoms with Gasteiger partial charge >= 0.3 is 5.97 Å². The highest BCUT2D eigenvalue weighted by atomic mass is 16.5. The zero-order valence-electron chi connectivity index (χ0n) is 15.0. The second-order valence-electron chi connectivity index (χ2n) is 5.66. The van der Waals surface area contributed by atoms with E-state index in [0.717, 1.165) is 24.3 Å². The van der Waals surface area contributed by atoms with Gasteiger partial charge in [0.25, 0.3) is 0 Å². The van der Waals surface area contributed by atoms with E-state index in [1.807, 2.05) is 24.3 Å². The molecule has 0 saturated heterocycles. The van der Waals surface area contributed by atoms with Gasteiger partial charge in [-0.25, -0.2) is 4.79 Å². The van der Waals surface area contributed by atoms with Crippen molar-refractivity contribution in [3.8, 4) is 18.1 Å². The number of nitrogens with zero attached hydrogens (tertiary/aromatic N) is 2. The van der Waals surface area contributed by atoms with Gasteiger partial charge in [-0.05, 0) is 61.9 Å². The van der Waals surface area contributed by atoms with E-state index in [4.69, 9.17) is 15.9 Å². The third-order valence-electron chi connectivity index (χ3n) is 3.51. The number of terminal acetylenes is 1. The Morgan fingerprint density at radius 2 is 1.65 bits per heavy atom. The lowest BCUT2D eigenvalue weighted by Gasteiger charge is -2.06. The maximum atomic E-state index is 11.8. The van der Waals surface area contributed by atoms with Crippen LogP contribution >= 0.6 is 0 Å². The molecule has 2 aromatic carbocycles. The molecule has 2 aromatic rings. The summed E-state index contributed by atoms with van der Waals surface area (Å²) in [5, 5.41) is 8.34. The first-order chi connectivity index (χ1) is 12.6. The zero-order valence-corrected chi connectivity index (χ0v) is 15.0. The summed E-state index contributed by atoms with van der Waals surface area (Å²) in [7, 11) is 0. The fourth-order valence-electron chi connectivity index (χ4n) is 1.99. The minimum Gasteiger partial charge on any atom is -0.494 e. The Hall–Kier alpha value is -3.13. The smallest absolute Gasteiger partial charge is 0.339 e. The second kappa shape index (κ2) is 10.00. The predicted octanol–water partition coefficient (Wildman–Crippen LogP) is 5.46. The van der Waals surface area contributed by atoms with E-state index in [1.165, 1.54) is 0 Å². The molecule has 0 aliphatic carbocycles. The lowest BCUT2D eigenvalue weighted by Crippen LogP contribution is -2.12. The molecule has 0 aliphatic heterocycles. The van der Waals surface area contributed by atoms with Gasteiger partial charge in [-0.2, -0.15) is 10.2 Å². The molecule has 26 heavy (non-hydrogen) atoms. The van der Waals surface area contributed by atoms with Gasteiger partial charge in [0.1, 0.15) is 5.75 Å². The van der Waals surface area contributed by atoms with E-state index < -0.39 is 12.1 Å². The van der Waals surface area contributed by atoms with Gasteiger partial charge in [0.05, 0.1) is 23.5 Å². The van der Waals surface area contributed by atoms with Crippen molar-refractivity contribution >= 4 is 17.3 Å². The minimum absolute atomic E-state index is 0.416. The highest BCUT2D eigenvalue weighted by Gasteiger charge is 2.09. The van der Waals surface area contributed by atoms with Gasteiger partial charge < -0.3 is 9.47 Å². The van der Waals surface area contributed by atoms with Gasteiger partial charge in [0.15, 0.2) is 6.10 Å². The number of azo groups is 1. The quantitative estimate of drug-likeness (QED) is 0.275. The lowest BCUT2D eigenvalue weighted by atomic mass is 10.2. The first-order valence-corrected chi connectivity index (χ1v) is 8.54. The van der Waals surface area contributed by atoms with Crippen molar-refractivity contribution in [2.75, 3.05) is 6.61 Å². The summed E-state index contributed by atoms with van der Waals surface area (Å²) in [6, 6.07) is 14.1. The average Bonchev–Trinajstić information content (AvgIpc) is 2.67. The van der Waals surface area contributed by atoms with E-state index in [1.54, 1.807) is 31.2 Å². The van der Waals surface area contributed by atoms with Gasteiger partial charge in [0.2, 0.25) is 0 Å². The molecule has 0 bridgehead atoms. The predicted molar refractivity (Wildman–Crippen MR) is 101 cm³/mol. The Labute approximate surface area is 154 Å². The number of carbonyl (C=O) groups excluding carboxylic acids is 1. The maximum absolute atomic E-state index is 11.8. The SMILES string of the molecule is C#C[C@@H](C)OC(=O)c1ccc(N=Nc2ccc(OCCCC)cc2)cc1. The van der Waals surface area contributed by atoms with Crippen molar-refractivity contribution in [2.45, 2.75) is 32.8 Å². The fraction of sp³-hybridized carbons (Fsp3) is 0.286. The highest BCUT2D eigenvalue weighted by Crippen LogP contribution is 2.22. The van der Waals surface area contributed by atoms with Gasteiger partial charge in [0, 0.05) is 0 Å². The third-order valence-corrected chi connectivity index (χ3v) is 3.51. The van der Waals surface area contributed by atoms with Crippen LogP contribution in [-0.4, -0.2) is 18.7 Å². The minimum atomic E-state index is -0.559. The van der Waals surface area contributed by atoms with Gasteiger partial charge in [-0.1, -0.05) is 19.3 Å². The summed E-state index contributed by atoms with van der Waals surface area (Å²) in [4.78, 5) is 11.8. The van der Waals surface area contributed by atoms with Crippen LogP contribution in [0.15, 0.2) is 58.8 Å². The summed E-state index contributed by atoms with van der Waals surface area (Å²) in [6.45, 7) is 4.48. The van der Waals surface area contributed by atoms with Crippen LogP contribution < -0.4 is 4.74 Å². The molecule has 5 nitrogen and oxygen atoms in total. The van der Waals surface area contributed by atoms with Crippen LogP contribution in [0.25, 0.3) is 0 Å². The third kappa shape index (κ3) is 6.06. The summed E-state index contributed by atoms with van der Waals surface area (Å²) < 4.78 is 10.7. The van der Waals surface area contributed by atoms with Crippen molar-refractivity contribution in [2.24, 2.45) is 10.2 Å². The zero-order chi connectivity index (χ0) is 18.8. The molecule has 0 saturated carbocycles. The number of unbranched alkanes of at least 4 members (excludes halogenated alkanes) is 1. The molecule has 0 aromatic heterocycles. The van der Waals surface area contributed by atoms with E-state index in [2.05, 4.69) is 23.1 Å². The summed E-state index contributed by atoms with van der Waals surface area (Å²) in [6.07, 6.45) is 6.77. The number of hydrogen-bond donors (Lipinski definition) is 0. The Bertz CT molecular complexity index is 774. The summed E-state index contributed by atoms with van der Waals surface area (Å²) in [5.74, 6) is 2.71. The van der Waals surface area contributed by atoms with Crippen molar-refractivity contribution in [1.29, 1.82) is 0 Å². The molecule has 5 heteroatoms. The highest BCUT2D eigenvalue weighted by molar-refractivity contribution is 5.89. The van der Waals surface area contributed by atoms with Crippen molar-refractivity contribution in [3.63, 3.8) is 0 Å². The molecule has 134 valence electrons. The van der Waals surface area contributed by atoms with Crippen LogP contribution in [0.3, 0.4) is 0 Å². The van der Waals surface area contributed by atoms with E-state index in [9.17, 15) is 4.79 Å². The lowest BCUT2D eigenvalue weighted by molar-refractivity contribution is 0.0439. The maximum Gasteiger partial charge on any atom is 0.339 e. The number of hydrogen-bond acceptors (Lipinski definition) is 5. The van der Waals surface area contributed by atoms with Crippen LogP contribution in [0.4, 0.5) is 11.4 Å². The van der Waals surface area contributed by atoms with Crippen molar-refractivity contribution in [3.05, 3.63) is 54.1 Å². The number of esters is 1. The van der Waals surface area contributed by atoms with Crippen LogP contribution in [0, 0.1) is 12.3 Å². The number of benzene rings is 2. The Balaban J connectivity index is 1.94. The first-order valence-electron chi connectivity index (χ1n) is 8.54. The van der Waals surface area contributed by atoms with Crippen molar-refractivity contribution < 1.29 is 14.3 Å². The molecule has 0 radical (unpaired) electrons. The molecule has 0 aliphatic rings. The van der Waals surface area contributed by atoms with E-state index in [0.29, 0.717) is 17.9 Å². The molecule has 0 spiro atoms. The molecule has 1 atom stereocenters. The normalized spacial score (nSPS) is 11.7. The molecule has 0 heterocycles. The summed E-state index contributed by atoms with van der Waals surface area (Å²) in [5.41, 5.74) is 1.77. The van der Waals surface area contributed by atoms with Crippen LogP contribution in [0.5, 0.6) is 5.75 Å². The molecular formula is C21H22N2O3. The molecule has 0 N–H and O–H groups in total. The Morgan fingerprint density at radius 3 is 2.19 bits per heavy atom. The number of ether oxygens (including phenoxy) is 2. The number of rotatable bonds is 8. The van der Waals surface area contributed by atoms with Gasteiger partial charge in [-0.3, -0.25) is 0 Å². The standard InChI is InChI=1S/C21H22N2O3/c1-4-6-15-25-20-13-11-19(12-14-20)23-22-18-9-7-17(8-10-18)21(24)26-16(3)5-2/h2,7-14,16H,4,6,15H2,1,3H3/t16-/m1/s1. The first kappa shape index (κ1) is 19.2. The molecule has 0 fully saturated rings. The van der Waals surface area contributed by atoms with Gasteiger partial charge in [-0.15, -0.1) is 6.42 Å². The number of carbonyl (C=O) groups is 1. The Morgan fingerprint density at radius 1 is 1.08 bits per heavy atom. The van der Waals surface area contributed by atoms with Crippen molar-refractivity contribution in [1.82, 2.24) is 0 Å². The Kier molecular flexibility index (Phi) is 7.38. The van der Waals surface area contributed by atoms with E-state index in [-0.39, 0.29) is 0 Å². The molecule has 2 rings (SSSR count). The molecule has 0 amide bonds. The molecule has 0 unspecified atom stereocenters. The monoisotopic (exact) mass is 350 g/mol.